The highest BCUT2D eigenvalue weighted by molar-refractivity contribution is 5.76. The van der Waals surface area contributed by atoms with Gasteiger partial charge >= 0.3 is 0 Å². The lowest BCUT2D eigenvalue weighted by atomic mass is 9.89. The van der Waals surface area contributed by atoms with E-state index in [4.69, 9.17) is 10.5 Å². The number of hydrogen-bond donors (Lipinski definition) is 2. The molecule has 1 fully saturated rings. The molecule has 0 saturated carbocycles. The third-order valence-corrected chi connectivity index (χ3v) is 3.29. The van der Waals surface area contributed by atoms with Crippen molar-refractivity contribution in [3.8, 4) is 0 Å². The normalized spacial score (nSPS) is 16.9. The topological polar surface area (TPSA) is 64.4 Å². The molecule has 1 aromatic carbocycles. The van der Waals surface area contributed by atoms with Crippen LogP contribution in [0.5, 0.6) is 0 Å². The molecule has 0 aliphatic carbocycles. The van der Waals surface area contributed by atoms with Crippen LogP contribution in [0.15, 0.2) is 24.3 Å². The number of rotatable bonds is 5. The summed E-state index contributed by atoms with van der Waals surface area (Å²) < 4.78 is 5.15. The fraction of sp³-hybridized carbons (Fsp3) is 0.500. The van der Waals surface area contributed by atoms with Crippen LogP contribution in [-0.4, -0.2) is 25.7 Å². The van der Waals surface area contributed by atoms with Crippen LogP contribution in [0.4, 0.5) is 5.69 Å². The van der Waals surface area contributed by atoms with Crippen molar-refractivity contribution in [3.63, 3.8) is 0 Å². The second-order valence-electron chi connectivity index (χ2n) is 5.28. The molecule has 0 radical (unpaired) electrons. The molecule has 2 rings (SSSR count). The van der Waals surface area contributed by atoms with Crippen LogP contribution in [0.2, 0.25) is 0 Å². The highest BCUT2D eigenvalue weighted by atomic mass is 16.5. The maximum absolute atomic E-state index is 11.7. The Balaban J connectivity index is 1.73. The minimum Gasteiger partial charge on any atom is -0.399 e. The summed E-state index contributed by atoms with van der Waals surface area (Å²) in [6.45, 7) is 4.28. The van der Waals surface area contributed by atoms with E-state index >= 15 is 0 Å². The van der Waals surface area contributed by atoms with Gasteiger partial charge in [0.15, 0.2) is 0 Å². The van der Waals surface area contributed by atoms with Crippen LogP contribution in [0.25, 0.3) is 0 Å². The van der Waals surface area contributed by atoms with Gasteiger partial charge in [0.05, 0.1) is 13.2 Å². The standard InChI is InChI=1S/C14H20N2O2/c1-14(9-18-10-14)8-16-13(17)7-6-11-4-2-3-5-12(11)15/h2-5H,6-10,15H2,1H3,(H,16,17). The Morgan fingerprint density at radius 3 is 2.78 bits per heavy atom. The first kappa shape index (κ1) is 12.9. The van der Waals surface area contributed by atoms with Gasteiger partial charge in [0.2, 0.25) is 5.91 Å². The zero-order chi connectivity index (χ0) is 13.0. The molecule has 0 atom stereocenters. The highest BCUT2D eigenvalue weighted by Gasteiger charge is 2.33. The molecule has 0 aromatic heterocycles. The van der Waals surface area contributed by atoms with E-state index in [0.717, 1.165) is 24.5 Å². The van der Waals surface area contributed by atoms with Gasteiger partial charge in [-0.3, -0.25) is 4.79 Å². The summed E-state index contributed by atoms with van der Waals surface area (Å²) in [6.07, 6.45) is 1.16. The van der Waals surface area contributed by atoms with Gasteiger partial charge in [0, 0.05) is 24.1 Å². The second kappa shape index (κ2) is 5.40. The van der Waals surface area contributed by atoms with Crippen LogP contribution in [-0.2, 0) is 16.0 Å². The van der Waals surface area contributed by atoms with Crippen LogP contribution < -0.4 is 11.1 Å². The molecule has 0 bridgehead atoms. The number of para-hydroxylation sites is 1. The zero-order valence-corrected chi connectivity index (χ0v) is 10.7. The van der Waals surface area contributed by atoms with Gasteiger partial charge in [-0.25, -0.2) is 0 Å². The second-order valence-corrected chi connectivity index (χ2v) is 5.28. The summed E-state index contributed by atoms with van der Waals surface area (Å²) in [5.41, 5.74) is 7.75. The van der Waals surface area contributed by atoms with Crippen LogP contribution in [0, 0.1) is 5.41 Å². The van der Waals surface area contributed by atoms with Crippen molar-refractivity contribution in [2.24, 2.45) is 5.41 Å². The van der Waals surface area contributed by atoms with E-state index in [0.29, 0.717) is 19.4 Å². The average Bonchev–Trinajstić information content (AvgIpc) is 2.33. The van der Waals surface area contributed by atoms with Crippen molar-refractivity contribution in [1.82, 2.24) is 5.32 Å². The lowest BCUT2D eigenvalue weighted by Crippen LogP contribution is -2.48. The van der Waals surface area contributed by atoms with Gasteiger partial charge in [-0.05, 0) is 18.1 Å². The molecule has 18 heavy (non-hydrogen) atoms. The third-order valence-electron chi connectivity index (χ3n) is 3.29. The summed E-state index contributed by atoms with van der Waals surface area (Å²) in [4.78, 5) is 11.7. The van der Waals surface area contributed by atoms with Gasteiger partial charge in [0.1, 0.15) is 0 Å². The first-order valence-corrected chi connectivity index (χ1v) is 6.27. The maximum Gasteiger partial charge on any atom is 0.220 e. The molecule has 0 unspecified atom stereocenters. The van der Waals surface area contributed by atoms with Crippen molar-refractivity contribution in [2.45, 2.75) is 19.8 Å². The average molecular weight is 248 g/mol. The van der Waals surface area contributed by atoms with Crippen LogP contribution in [0.3, 0.4) is 0 Å². The summed E-state index contributed by atoms with van der Waals surface area (Å²) in [5.74, 6) is 0.0754. The molecule has 1 saturated heterocycles. The Bertz CT molecular complexity index is 428. The van der Waals surface area contributed by atoms with Crippen LogP contribution in [0.1, 0.15) is 18.9 Å². The van der Waals surface area contributed by atoms with Crippen molar-refractivity contribution in [2.75, 3.05) is 25.5 Å². The van der Waals surface area contributed by atoms with Crippen molar-refractivity contribution >= 4 is 11.6 Å². The lowest BCUT2D eigenvalue weighted by Gasteiger charge is -2.38. The van der Waals surface area contributed by atoms with E-state index in [1.807, 2.05) is 24.3 Å². The molecule has 1 heterocycles. The summed E-state index contributed by atoms with van der Waals surface area (Å²) in [6, 6.07) is 7.66. The Morgan fingerprint density at radius 1 is 1.44 bits per heavy atom. The monoisotopic (exact) mass is 248 g/mol. The predicted molar refractivity (Wildman–Crippen MR) is 71.1 cm³/mol. The molecular weight excluding hydrogens is 228 g/mol. The first-order valence-electron chi connectivity index (χ1n) is 6.27. The molecule has 1 aliphatic rings. The van der Waals surface area contributed by atoms with E-state index in [2.05, 4.69) is 12.2 Å². The number of hydrogen-bond acceptors (Lipinski definition) is 3. The number of benzene rings is 1. The number of nitrogen functional groups attached to an aromatic ring is 1. The Labute approximate surface area is 108 Å². The van der Waals surface area contributed by atoms with Gasteiger partial charge < -0.3 is 15.8 Å². The van der Waals surface area contributed by atoms with Gasteiger partial charge in [-0.1, -0.05) is 25.1 Å². The number of aryl methyl sites for hydroxylation is 1. The van der Waals surface area contributed by atoms with Gasteiger partial charge in [-0.15, -0.1) is 0 Å². The van der Waals surface area contributed by atoms with E-state index in [9.17, 15) is 4.79 Å². The number of carbonyl (C=O) groups excluding carboxylic acids is 1. The molecular formula is C14H20N2O2. The largest absolute Gasteiger partial charge is 0.399 e. The Morgan fingerprint density at radius 2 is 2.17 bits per heavy atom. The molecule has 4 nitrogen and oxygen atoms in total. The number of amides is 1. The summed E-state index contributed by atoms with van der Waals surface area (Å²) in [5, 5.41) is 2.96. The molecule has 1 aromatic rings. The number of anilines is 1. The smallest absolute Gasteiger partial charge is 0.220 e. The van der Waals surface area contributed by atoms with E-state index < -0.39 is 0 Å². The minimum atomic E-state index is 0.0754. The van der Waals surface area contributed by atoms with Crippen molar-refractivity contribution in [3.05, 3.63) is 29.8 Å². The summed E-state index contributed by atoms with van der Waals surface area (Å²) >= 11 is 0. The van der Waals surface area contributed by atoms with Crippen LogP contribution >= 0.6 is 0 Å². The van der Waals surface area contributed by atoms with E-state index in [1.54, 1.807) is 0 Å². The lowest BCUT2D eigenvalue weighted by molar-refractivity contribution is -0.126. The number of carbonyl (C=O) groups is 1. The molecule has 1 aliphatic heterocycles. The fourth-order valence-electron chi connectivity index (χ4n) is 1.96. The molecule has 3 N–H and O–H groups in total. The third kappa shape index (κ3) is 3.23. The van der Waals surface area contributed by atoms with E-state index in [1.165, 1.54) is 0 Å². The van der Waals surface area contributed by atoms with Crippen molar-refractivity contribution < 1.29 is 9.53 Å². The van der Waals surface area contributed by atoms with Crippen molar-refractivity contribution in [1.29, 1.82) is 0 Å². The number of ether oxygens (including phenoxy) is 1. The molecule has 98 valence electrons. The Kier molecular flexibility index (Phi) is 3.87. The Hall–Kier alpha value is -1.55. The van der Waals surface area contributed by atoms with E-state index in [-0.39, 0.29) is 11.3 Å². The minimum absolute atomic E-state index is 0.0754. The number of nitrogens with one attached hydrogen (secondary N) is 1. The highest BCUT2D eigenvalue weighted by Crippen LogP contribution is 2.25. The number of nitrogens with two attached hydrogens (primary N) is 1. The zero-order valence-electron chi connectivity index (χ0n) is 10.7. The van der Waals surface area contributed by atoms with Gasteiger partial charge in [-0.2, -0.15) is 0 Å². The van der Waals surface area contributed by atoms with Gasteiger partial charge in [0.25, 0.3) is 0 Å². The predicted octanol–water partition coefficient (Wildman–Crippen LogP) is 1.35. The SMILES string of the molecule is CC1(CNC(=O)CCc2ccccc2N)COC1. The molecule has 1 amide bonds. The first-order chi connectivity index (χ1) is 8.59. The molecule has 4 heteroatoms. The maximum atomic E-state index is 11.7. The molecule has 0 spiro atoms. The quantitative estimate of drug-likeness (QED) is 0.773. The summed E-state index contributed by atoms with van der Waals surface area (Å²) in [7, 11) is 0. The fourth-order valence-corrected chi connectivity index (χ4v) is 1.96.